The SMILES string of the molecule is CC(C)(C)OC(=O)N1CCC(NC(=O)CNC(=O)c2ccccc2F)CC1. The lowest BCUT2D eigenvalue weighted by Crippen LogP contribution is -2.49. The number of piperidine rings is 1. The van der Waals surface area contributed by atoms with E-state index in [1.54, 1.807) is 11.0 Å². The number of rotatable bonds is 4. The van der Waals surface area contributed by atoms with Gasteiger partial charge in [0.05, 0.1) is 12.1 Å². The summed E-state index contributed by atoms with van der Waals surface area (Å²) < 4.78 is 18.9. The van der Waals surface area contributed by atoms with E-state index in [0.29, 0.717) is 25.9 Å². The summed E-state index contributed by atoms with van der Waals surface area (Å²) in [6.45, 7) is 6.18. The van der Waals surface area contributed by atoms with E-state index in [2.05, 4.69) is 10.6 Å². The number of likely N-dealkylation sites (tertiary alicyclic amines) is 1. The second-order valence-electron chi connectivity index (χ2n) is 7.47. The van der Waals surface area contributed by atoms with Gasteiger partial charge in [0.15, 0.2) is 0 Å². The normalized spacial score (nSPS) is 15.2. The maximum absolute atomic E-state index is 13.5. The predicted octanol–water partition coefficient (Wildman–Crippen LogP) is 2.07. The van der Waals surface area contributed by atoms with Crippen LogP contribution in [0.2, 0.25) is 0 Å². The quantitative estimate of drug-likeness (QED) is 0.838. The Balaban J connectivity index is 1.72. The van der Waals surface area contributed by atoms with E-state index in [1.807, 2.05) is 20.8 Å². The minimum absolute atomic E-state index is 0.0819. The van der Waals surface area contributed by atoms with Gasteiger partial charge in [-0.2, -0.15) is 0 Å². The van der Waals surface area contributed by atoms with Gasteiger partial charge in [0, 0.05) is 19.1 Å². The highest BCUT2D eigenvalue weighted by Crippen LogP contribution is 2.15. The molecular weight excluding hydrogens is 353 g/mol. The number of hydrogen-bond acceptors (Lipinski definition) is 4. The monoisotopic (exact) mass is 379 g/mol. The first-order valence-corrected chi connectivity index (χ1v) is 8.96. The van der Waals surface area contributed by atoms with Gasteiger partial charge in [0.2, 0.25) is 5.91 Å². The van der Waals surface area contributed by atoms with Crippen molar-refractivity contribution in [2.75, 3.05) is 19.6 Å². The van der Waals surface area contributed by atoms with Crippen LogP contribution in [0.5, 0.6) is 0 Å². The molecule has 1 saturated heterocycles. The largest absolute Gasteiger partial charge is 0.444 e. The molecule has 7 nitrogen and oxygen atoms in total. The molecule has 27 heavy (non-hydrogen) atoms. The number of halogens is 1. The molecule has 3 amide bonds. The summed E-state index contributed by atoms with van der Waals surface area (Å²) in [6.07, 6.45) is 0.850. The molecule has 0 aromatic heterocycles. The van der Waals surface area contributed by atoms with Crippen molar-refractivity contribution in [1.82, 2.24) is 15.5 Å². The Kier molecular flexibility index (Phi) is 6.76. The van der Waals surface area contributed by atoms with Crippen LogP contribution < -0.4 is 10.6 Å². The Hall–Kier alpha value is -2.64. The number of amides is 3. The molecule has 148 valence electrons. The van der Waals surface area contributed by atoms with Crippen LogP contribution in [0.3, 0.4) is 0 Å². The van der Waals surface area contributed by atoms with Crippen LogP contribution >= 0.6 is 0 Å². The van der Waals surface area contributed by atoms with Crippen molar-refractivity contribution in [2.24, 2.45) is 0 Å². The van der Waals surface area contributed by atoms with Crippen LogP contribution in [0, 0.1) is 5.82 Å². The summed E-state index contributed by atoms with van der Waals surface area (Å²) in [6, 6.07) is 5.50. The van der Waals surface area contributed by atoms with Gasteiger partial charge in [-0.25, -0.2) is 9.18 Å². The minimum atomic E-state index is -0.636. The first kappa shape index (κ1) is 20.7. The number of nitrogens with one attached hydrogen (secondary N) is 2. The molecule has 1 aromatic rings. The van der Waals surface area contributed by atoms with Gasteiger partial charge < -0.3 is 20.3 Å². The highest BCUT2D eigenvalue weighted by atomic mass is 19.1. The molecule has 1 aliphatic rings. The summed E-state index contributed by atoms with van der Waals surface area (Å²) in [5.74, 6) is -1.62. The maximum atomic E-state index is 13.5. The van der Waals surface area contributed by atoms with E-state index < -0.39 is 17.3 Å². The summed E-state index contributed by atoms with van der Waals surface area (Å²) in [4.78, 5) is 37.6. The Morgan fingerprint density at radius 1 is 1.19 bits per heavy atom. The van der Waals surface area contributed by atoms with Crippen LogP contribution in [0.1, 0.15) is 44.0 Å². The van der Waals surface area contributed by atoms with Crippen LogP contribution in [0.4, 0.5) is 9.18 Å². The summed E-state index contributed by atoms with van der Waals surface area (Å²) in [7, 11) is 0. The zero-order valence-electron chi connectivity index (χ0n) is 15.9. The lowest BCUT2D eigenvalue weighted by molar-refractivity contribution is -0.121. The Morgan fingerprint density at radius 3 is 2.41 bits per heavy atom. The Morgan fingerprint density at radius 2 is 1.81 bits per heavy atom. The topological polar surface area (TPSA) is 87.7 Å². The van der Waals surface area contributed by atoms with Crippen LogP contribution in [-0.2, 0) is 9.53 Å². The van der Waals surface area contributed by atoms with Gasteiger partial charge >= 0.3 is 6.09 Å². The fraction of sp³-hybridized carbons (Fsp3) is 0.526. The molecule has 1 aliphatic heterocycles. The third-order valence-electron chi connectivity index (χ3n) is 4.04. The van der Waals surface area contributed by atoms with Crippen molar-refractivity contribution in [2.45, 2.75) is 45.3 Å². The minimum Gasteiger partial charge on any atom is -0.444 e. The molecular formula is C19H26FN3O4. The van der Waals surface area contributed by atoms with Crippen LogP contribution in [0.15, 0.2) is 24.3 Å². The van der Waals surface area contributed by atoms with Crippen LogP contribution in [-0.4, -0.2) is 54.1 Å². The molecule has 2 N–H and O–H groups in total. The number of nitrogens with zero attached hydrogens (tertiary/aromatic N) is 1. The second-order valence-corrected chi connectivity index (χ2v) is 7.47. The van der Waals surface area contributed by atoms with Gasteiger partial charge in [-0.3, -0.25) is 9.59 Å². The molecule has 1 heterocycles. The predicted molar refractivity (Wildman–Crippen MR) is 97.7 cm³/mol. The fourth-order valence-electron chi connectivity index (χ4n) is 2.71. The Bertz CT molecular complexity index is 694. The number of carbonyl (C=O) groups excluding carboxylic acids is 3. The molecule has 1 aromatic carbocycles. The average Bonchev–Trinajstić information content (AvgIpc) is 2.59. The lowest BCUT2D eigenvalue weighted by atomic mass is 10.1. The van der Waals surface area contributed by atoms with Crippen molar-refractivity contribution in [1.29, 1.82) is 0 Å². The molecule has 0 spiro atoms. The van der Waals surface area contributed by atoms with E-state index in [-0.39, 0.29) is 30.2 Å². The summed E-state index contributed by atoms with van der Waals surface area (Å²) >= 11 is 0. The molecule has 0 radical (unpaired) electrons. The van der Waals surface area contributed by atoms with Gasteiger partial charge in [-0.1, -0.05) is 12.1 Å². The molecule has 0 unspecified atom stereocenters. The number of benzene rings is 1. The molecule has 0 atom stereocenters. The van der Waals surface area contributed by atoms with E-state index in [4.69, 9.17) is 4.74 Å². The molecule has 8 heteroatoms. The van der Waals surface area contributed by atoms with Gasteiger partial charge in [-0.05, 0) is 45.7 Å². The zero-order chi connectivity index (χ0) is 20.0. The van der Waals surface area contributed by atoms with E-state index in [0.717, 1.165) is 0 Å². The van der Waals surface area contributed by atoms with Gasteiger partial charge in [0.1, 0.15) is 11.4 Å². The number of hydrogen-bond donors (Lipinski definition) is 2. The summed E-state index contributed by atoms with van der Waals surface area (Å²) in [5, 5.41) is 5.23. The van der Waals surface area contributed by atoms with Crippen molar-refractivity contribution in [3.63, 3.8) is 0 Å². The third kappa shape index (κ3) is 6.54. The third-order valence-corrected chi connectivity index (χ3v) is 4.04. The fourth-order valence-corrected chi connectivity index (χ4v) is 2.71. The van der Waals surface area contributed by atoms with E-state index in [1.165, 1.54) is 18.2 Å². The number of carbonyl (C=O) groups is 3. The molecule has 0 bridgehead atoms. The molecule has 0 aliphatic carbocycles. The van der Waals surface area contributed by atoms with Gasteiger partial charge in [0.25, 0.3) is 5.91 Å². The second kappa shape index (κ2) is 8.83. The van der Waals surface area contributed by atoms with Crippen molar-refractivity contribution in [3.05, 3.63) is 35.6 Å². The highest BCUT2D eigenvalue weighted by molar-refractivity contribution is 5.96. The van der Waals surface area contributed by atoms with Crippen molar-refractivity contribution < 1.29 is 23.5 Å². The first-order chi connectivity index (χ1) is 12.7. The maximum Gasteiger partial charge on any atom is 0.410 e. The summed E-state index contributed by atoms with van der Waals surface area (Å²) in [5.41, 5.74) is -0.644. The lowest BCUT2D eigenvalue weighted by Gasteiger charge is -2.33. The van der Waals surface area contributed by atoms with Gasteiger partial charge in [-0.15, -0.1) is 0 Å². The Labute approximate surface area is 158 Å². The first-order valence-electron chi connectivity index (χ1n) is 8.96. The zero-order valence-corrected chi connectivity index (χ0v) is 15.9. The smallest absolute Gasteiger partial charge is 0.410 e. The number of ether oxygens (including phenoxy) is 1. The molecule has 2 rings (SSSR count). The van der Waals surface area contributed by atoms with E-state index >= 15 is 0 Å². The van der Waals surface area contributed by atoms with E-state index in [9.17, 15) is 18.8 Å². The molecule has 1 fully saturated rings. The van der Waals surface area contributed by atoms with Crippen molar-refractivity contribution >= 4 is 17.9 Å². The molecule has 0 saturated carbocycles. The van der Waals surface area contributed by atoms with Crippen molar-refractivity contribution in [3.8, 4) is 0 Å². The average molecular weight is 379 g/mol. The standard InChI is InChI=1S/C19H26FN3O4/c1-19(2,3)27-18(26)23-10-8-13(9-11-23)22-16(24)12-21-17(25)14-6-4-5-7-15(14)20/h4-7,13H,8-12H2,1-3H3,(H,21,25)(H,22,24). The highest BCUT2D eigenvalue weighted by Gasteiger charge is 2.27. The van der Waals surface area contributed by atoms with Crippen LogP contribution in [0.25, 0.3) is 0 Å².